The number of hydrogen-bond acceptors (Lipinski definition) is 4. The number of nitrogens with zero attached hydrogens (tertiary/aromatic N) is 2. The number of pyridine rings is 1. The zero-order chi connectivity index (χ0) is 18.5. The van der Waals surface area contributed by atoms with E-state index in [9.17, 15) is 14.4 Å². The van der Waals surface area contributed by atoms with E-state index < -0.39 is 11.8 Å². The Labute approximate surface area is 151 Å². The van der Waals surface area contributed by atoms with E-state index in [2.05, 4.69) is 15.6 Å². The second-order valence-corrected chi connectivity index (χ2v) is 6.08. The van der Waals surface area contributed by atoms with E-state index >= 15 is 0 Å². The summed E-state index contributed by atoms with van der Waals surface area (Å²) in [6, 6.07) is 10.7. The van der Waals surface area contributed by atoms with Gasteiger partial charge in [0.25, 0.3) is 0 Å². The standard InChI is InChI=1S/C19H20N4O3/c1-13(24)23-10-4-5-14-7-8-15(11-17(14)23)22-19(26)18(25)21-12-16-6-2-3-9-20-16/h2-3,6-9,11H,4-5,10,12H2,1H3,(H,21,25)(H,22,26). The van der Waals surface area contributed by atoms with Crippen molar-refractivity contribution in [3.8, 4) is 0 Å². The molecule has 1 aliphatic rings. The average molecular weight is 352 g/mol. The minimum atomic E-state index is -0.758. The van der Waals surface area contributed by atoms with Crippen molar-refractivity contribution >= 4 is 29.1 Å². The lowest BCUT2D eigenvalue weighted by Crippen LogP contribution is -2.35. The van der Waals surface area contributed by atoms with Crippen LogP contribution in [0.4, 0.5) is 11.4 Å². The van der Waals surface area contributed by atoms with E-state index in [1.807, 2.05) is 12.1 Å². The summed E-state index contributed by atoms with van der Waals surface area (Å²) in [5.41, 5.74) is 2.99. The molecule has 2 heterocycles. The highest BCUT2D eigenvalue weighted by molar-refractivity contribution is 6.39. The summed E-state index contributed by atoms with van der Waals surface area (Å²) in [5.74, 6) is -1.54. The van der Waals surface area contributed by atoms with Gasteiger partial charge >= 0.3 is 11.8 Å². The van der Waals surface area contributed by atoms with Crippen molar-refractivity contribution in [3.05, 3.63) is 53.9 Å². The first-order chi connectivity index (χ1) is 12.5. The van der Waals surface area contributed by atoms with Crippen LogP contribution >= 0.6 is 0 Å². The zero-order valence-electron chi connectivity index (χ0n) is 14.5. The number of benzene rings is 1. The summed E-state index contributed by atoms with van der Waals surface area (Å²) in [6.45, 7) is 2.35. The monoisotopic (exact) mass is 352 g/mol. The van der Waals surface area contributed by atoms with Crippen molar-refractivity contribution in [2.24, 2.45) is 0 Å². The van der Waals surface area contributed by atoms with Gasteiger partial charge in [-0.2, -0.15) is 0 Å². The summed E-state index contributed by atoms with van der Waals surface area (Å²) in [7, 11) is 0. The average Bonchev–Trinajstić information content (AvgIpc) is 2.66. The molecule has 3 amide bonds. The van der Waals surface area contributed by atoms with E-state index in [-0.39, 0.29) is 12.5 Å². The molecule has 0 saturated carbocycles. The maximum Gasteiger partial charge on any atom is 0.313 e. The van der Waals surface area contributed by atoms with Crippen LogP contribution in [0.15, 0.2) is 42.6 Å². The second-order valence-electron chi connectivity index (χ2n) is 6.08. The van der Waals surface area contributed by atoms with Gasteiger partial charge in [0.1, 0.15) is 0 Å². The Balaban J connectivity index is 1.65. The SMILES string of the molecule is CC(=O)N1CCCc2ccc(NC(=O)C(=O)NCc3ccccn3)cc21. The van der Waals surface area contributed by atoms with Crippen LogP contribution in [0.1, 0.15) is 24.6 Å². The van der Waals surface area contributed by atoms with Crippen LogP contribution in [0.3, 0.4) is 0 Å². The molecule has 1 aromatic heterocycles. The van der Waals surface area contributed by atoms with E-state index in [4.69, 9.17) is 0 Å². The number of hydrogen-bond donors (Lipinski definition) is 2. The Morgan fingerprint density at radius 1 is 1.15 bits per heavy atom. The maximum atomic E-state index is 12.1. The van der Waals surface area contributed by atoms with Gasteiger partial charge in [-0.05, 0) is 42.7 Å². The molecule has 1 aromatic carbocycles. The Morgan fingerprint density at radius 3 is 2.73 bits per heavy atom. The molecule has 0 radical (unpaired) electrons. The van der Waals surface area contributed by atoms with E-state index in [1.54, 1.807) is 35.4 Å². The van der Waals surface area contributed by atoms with Crippen molar-refractivity contribution in [1.29, 1.82) is 0 Å². The Hall–Kier alpha value is -3.22. The number of fused-ring (bicyclic) bond motifs is 1. The molecular formula is C19H20N4O3. The molecule has 0 unspecified atom stereocenters. The van der Waals surface area contributed by atoms with Crippen molar-refractivity contribution in [2.45, 2.75) is 26.3 Å². The Kier molecular flexibility index (Phi) is 5.26. The van der Waals surface area contributed by atoms with Gasteiger partial charge in [0.05, 0.1) is 12.2 Å². The number of aryl methyl sites for hydroxylation is 1. The lowest BCUT2D eigenvalue weighted by Gasteiger charge is -2.29. The van der Waals surface area contributed by atoms with Gasteiger partial charge in [-0.1, -0.05) is 12.1 Å². The van der Waals surface area contributed by atoms with E-state index in [0.29, 0.717) is 17.9 Å². The largest absolute Gasteiger partial charge is 0.342 e. The molecule has 2 aromatic rings. The highest BCUT2D eigenvalue weighted by Gasteiger charge is 2.21. The van der Waals surface area contributed by atoms with Gasteiger partial charge < -0.3 is 15.5 Å². The first-order valence-corrected chi connectivity index (χ1v) is 8.44. The molecule has 1 aliphatic heterocycles. The lowest BCUT2D eigenvalue weighted by molar-refractivity contribution is -0.136. The van der Waals surface area contributed by atoms with Crippen molar-refractivity contribution in [2.75, 3.05) is 16.8 Å². The number of aromatic nitrogens is 1. The van der Waals surface area contributed by atoms with Crippen LogP contribution in [0, 0.1) is 0 Å². The summed E-state index contributed by atoms with van der Waals surface area (Å²) in [6.07, 6.45) is 3.42. The number of rotatable bonds is 3. The van der Waals surface area contributed by atoms with E-state index in [0.717, 1.165) is 24.1 Å². The summed E-state index contributed by atoms with van der Waals surface area (Å²) in [4.78, 5) is 41.6. The molecule has 134 valence electrons. The maximum absolute atomic E-state index is 12.1. The third-order valence-corrected chi connectivity index (χ3v) is 4.20. The number of anilines is 2. The van der Waals surface area contributed by atoms with Crippen LogP contribution < -0.4 is 15.5 Å². The predicted octanol–water partition coefficient (Wildman–Crippen LogP) is 1.64. The van der Waals surface area contributed by atoms with Crippen LogP contribution in [-0.2, 0) is 27.3 Å². The summed E-state index contributed by atoms with van der Waals surface area (Å²) in [5, 5.41) is 5.11. The molecule has 0 bridgehead atoms. The summed E-state index contributed by atoms with van der Waals surface area (Å²) >= 11 is 0. The molecule has 0 aliphatic carbocycles. The van der Waals surface area contributed by atoms with Gasteiger partial charge in [-0.25, -0.2) is 0 Å². The smallest absolute Gasteiger partial charge is 0.313 e. The molecule has 7 nitrogen and oxygen atoms in total. The van der Waals surface area contributed by atoms with Gasteiger partial charge in [-0.3, -0.25) is 19.4 Å². The minimum absolute atomic E-state index is 0.0393. The molecule has 2 N–H and O–H groups in total. The number of carbonyl (C=O) groups excluding carboxylic acids is 3. The predicted molar refractivity (Wildman–Crippen MR) is 97.5 cm³/mol. The van der Waals surface area contributed by atoms with Crippen molar-refractivity contribution in [1.82, 2.24) is 10.3 Å². The number of nitrogens with one attached hydrogen (secondary N) is 2. The lowest BCUT2D eigenvalue weighted by atomic mass is 10.0. The van der Waals surface area contributed by atoms with Crippen LogP contribution in [0.2, 0.25) is 0 Å². The fourth-order valence-electron chi connectivity index (χ4n) is 2.92. The molecule has 0 spiro atoms. The van der Waals surface area contributed by atoms with Gasteiger partial charge in [0, 0.05) is 31.0 Å². The molecule has 3 rings (SSSR count). The number of amides is 3. The molecule has 0 fully saturated rings. The van der Waals surface area contributed by atoms with Gasteiger partial charge in [-0.15, -0.1) is 0 Å². The highest BCUT2D eigenvalue weighted by atomic mass is 16.2. The number of carbonyl (C=O) groups is 3. The van der Waals surface area contributed by atoms with E-state index in [1.165, 1.54) is 6.92 Å². The molecule has 7 heteroatoms. The van der Waals surface area contributed by atoms with Crippen LogP contribution in [0.25, 0.3) is 0 Å². The molecule has 0 saturated heterocycles. The van der Waals surface area contributed by atoms with Crippen molar-refractivity contribution < 1.29 is 14.4 Å². The van der Waals surface area contributed by atoms with Crippen LogP contribution in [0.5, 0.6) is 0 Å². The van der Waals surface area contributed by atoms with Crippen LogP contribution in [-0.4, -0.2) is 29.3 Å². The third-order valence-electron chi connectivity index (χ3n) is 4.20. The molecular weight excluding hydrogens is 332 g/mol. The highest BCUT2D eigenvalue weighted by Crippen LogP contribution is 2.30. The first-order valence-electron chi connectivity index (χ1n) is 8.44. The minimum Gasteiger partial charge on any atom is -0.342 e. The fraction of sp³-hybridized carbons (Fsp3) is 0.263. The zero-order valence-corrected chi connectivity index (χ0v) is 14.5. The second kappa shape index (κ2) is 7.77. The molecule has 26 heavy (non-hydrogen) atoms. The van der Waals surface area contributed by atoms with Gasteiger partial charge in [0.2, 0.25) is 5.91 Å². The summed E-state index contributed by atoms with van der Waals surface area (Å²) < 4.78 is 0. The molecule has 0 atom stereocenters. The fourth-order valence-corrected chi connectivity index (χ4v) is 2.92. The topological polar surface area (TPSA) is 91.4 Å². The Bertz CT molecular complexity index is 836. The van der Waals surface area contributed by atoms with Gasteiger partial charge in [0.15, 0.2) is 0 Å². The normalized spacial score (nSPS) is 12.9. The first kappa shape index (κ1) is 17.6. The quantitative estimate of drug-likeness (QED) is 0.822. The van der Waals surface area contributed by atoms with Crippen molar-refractivity contribution in [3.63, 3.8) is 0 Å². The Morgan fingerprint density at radius 2 is 2.00 bits per heavy atom. The third kappa shape index (κ3) is 4.05.